The fourth-order valence-corrected chi connectivity index (χ4v) is 3.55. The lowest BCUT2D eigenvalue weighted by molar-refractivity contribution is 0.557. The summed E-state index contributed by atoms with van der Waals surface area (Å²) in [5.74, 6) is 0.362. The molecule has 3 heterocycles. The summed E-state index contributed by atoms with van der Waals surface area (Å²) in [4.78, 5) is 4.21. The molecule has 0 bridgehead atoms. The summed E-state index contributed by atoms with van der Waals surface area (Å²) in [5.41, 5.74) is 0.593. The monoisotopic (exact) mass is 332 g/mol. The second kappa shape index (κ2) is 6.29. The van der Waals surface area contributed by atoms with E-state index in [-0.39, 0.29) is 17.5 Å². The summed E-state index contributed by atoms with van der Waals surface area (Å²) in [7, 11) is -3.57. The Labute approximate surface area is 133 Å². The van der Waals surface area contributed by atoms with Gasteiger partial charge in [-0.1, -0.05) is 6.07 Å². The van der Waals surface area contributed by atoms with Gasteiger partial charge in [-0.15, -0.1) is 10.2 Å². The molecule has 0 saturated heterocycles. The Morgan fingerprint density at radius 1 is 1.13 bits per heavy atom. The van der Waals surface area contributed by atoms with Crippen LogP contribution < -0.4 is 0 Å². The third-order valence-corrected chi connectivity index (χ3v) is 4.93. The van der Waals surface area contributed by atoms with E-state index in [1.165, 1.54) is 0 Å². The second-order valence-corrected chi connectivity index (χ2v) is 6.86. The molecule has 120 valence electrons. The molecule has 0 aliphatic rings. The number of rotatable bonds is 6. The van der Waals surface area contributed by atoms with Gasteiger partial charge in [-0.2, -0.15) is 5.10 Å². The number of hydrogen-bond acceptors (Lipinski definition) is 6. The minimum atomic E-state index is -3.57. The van der Waals surface area contributed by atoms with Gasteiger partial charge in [0.2, 0.25) is 15.0 Å². The SMILES string of the molecule is CCn1c(-c2ccccn2)nnc1S(=O)(=O)CCn1cccn1. The van der Waals surface area contributed by atoms with Gasteiger partial charge in [-0.05, 0) is 25.1 Å². The zero-order chi connectivity index (χ0) is 16.3. The first-order valence-corrected chi connectivity index (χ1v) is 8.82. The van der Waals surface area contributed by atoms with Crippen LogP contribution in [-0.2, 0) is 22.9 Å². The van der Waals surface area contributed by atoms with Crippen LogP contribution in [0.1, 0.15) is 6.92 Å². The van der Waals surface area contributed by atoms with Crippen molar-refractivity contribution < 1.29 is 8.42 Å². The predicted molar refractivity (Wildman–Crippen MR) is 83.2 cm³/mol. The van der Waals surface area contributed by atoms with Crippen molar-refractivity contribution in [3.8, 4) is 11.5 Å². The predicted octanol–water partition coefficient (Wildman–Crippen LogP) is 1.03. The van der Waals surface area contributed by atoms with Crippen LogP contribution in [0.25, 0.3) is 11.5 Å². The first-order valence-electron chi connectivity index (χ1n) is 7.16. The van der Waals surface area contributed by atoms with Crippen molar-refractivity contribution in [1.82, 2.24) is 29.5 Å². The van der Waals surface area contributed by atoms with E-state index in [0.717, 1.165) is 0 Å². The van der Waals surface area contributed by atoms with Crippen molar-refractivity contribution >= 4 is 9.84 Å². The number of sulfone groups is 1. The van der Waals surface area contributed by atoms with Gasteiger partial charge in [0.05, 0.1) is 12.3 Å². The van der Waals surface area contributed by atoms with Crippen LogP contribution in [0.15, 0.2) is 48.0 Å². The Morgan fingerprint density at radius 2 is 2.00 bits per heavy atom. The molecular weight excluding hydrogens is 316 g/mol. The van der Waals surface area contributed by atoms with E-state index in [1.807, 2.05) is 13.0 Å². The minimum absolute atomic E-state index is 0.0344. The van der Waals surface area contributed by atoms with Gasteiger partial charge in [0, 0.05) is 25.1 Å². The van der Waals surface area contributed by atoms with Crippen molar-refractivity contribution in [1.29, 1.82) is 0 Å². The summed E-state index contributed by atoms with van der Waals surface area (Å²) in [6, 6.07) is 7.14. The molecule has 3 rings (SSSR count). The number of aromatic nitrogens is 6. The Bertz CT molecular complexity index is 871. The highest BCUT2D eigenvalue weighted by atomic mass is 32.2. The fourth-order valence-electron chi connectivity index (χ4n) is 2.23. The summed E-state index contributed by atoms with van der Waals surface area (Å²) in [6.07, 6.45) is 4.97. The van der Waals surface area contributed by atoms with Gasteiger partial charge in [-0.3, -0.25) is 14.2 Å². The van der Waals surface area contributed by atoms with Gasteiger partial charge >= 0.3 is 0 Å². The average Bonchev–Trinajstić information content (AvgIpc) is 3.23. The molecule has 0 fully saturated rings. The van der Waals surface area contributed by atoms with Crippen molar-refractivity contribution in [2.45, 2.75) is 25.2 Å². The van der Waals surface area contributed by atoms with E-state index in [1.54, 1.807) is 46.0 Å². The topological polar surface area (TPSA) is 95.6 Å². The first kappa shape index (κ1) is 15.3. The Balaban J connectivity index is 1.92. The number of aryl methyl sites for hydroxylation is 1. The fraction of sp³-hybridized carbons (Fsp3) is 0.286. The summed E-state index contributed by atoms with van der Waals surface area (Å²) < 4.78 is 28.3. The molecule has 23 heavy (non-hydrogen) atoms. The normalized spacial score (nSPS) is 11.7. The zero-order valence-electron chi connectivity index (χ0n) is 12.6. The van der Waals surface area contributed by atoms with E-state index in [9.17, 15) is 8.42 Å². The van der Waals surface area contributed by atoms with Gasteiger partial charge < -0.3 is 0 Å². The third kappa shape index (κ3) is 3.14. The van der Waals surface area contributed by atoms with E-state index < -0.39 is 9.84 Å². The molecule has 9 heteroatoms. The van der Waals surface area contributed by atoms with Crippen molar-refractivity contribution in [2.75, 3.05) is 5.75 Å². The van der Waals surface area contributed by atoms with Gasteiger partial charge in [0.1, 0.15) is 5.69 Å². The molecule has 0 radical (unpaired) electrons. The van der Waals surface area contributed by atoms with E-state index in [2.05, 4.69) is 20.3 Å². The van der Waals surface area contributed by atoms with Crippen molar-refractivity contribution in [2.24, 2.45) is 0 Å². The Hall–Kier alpha value is -2.55. The molecule has 0 unspecified atom stereocenters. The van der Waals surface area contributed by atoms with Gasteiger partial charge in [0.25, 0.3) is 0 Å². The number of pyridine rings is 1. The smallest absolute Gasteiger partial charge is 0.250 e. The minimum Gasteiger partial charge on any atom is -0.297 e. The lowest BCUT2D eigenvalue weighted by Gasteiger charge is -2.08. The van der Waals surface area contributed by atoms with E-state index >= 15 is 0 Å². The maximum Gasteiger partial charge on any atom is 0.250 e. The van der Waals surface area contributed by atoms with Gasteiger partial charge in [0.15, 0.2) is 5.82 Å². The summed E-state index contributed by atoms with van der Waals surface area (Å²) >= 11 is 0. The molecule has 0 amide bonds. The van der Waals surface area contributed by atoms with Crippen LogP contribution in [0.3, 0.4) is 0 Å². The lowest BCUT2D eigenvalue weighted by Crippen LogP contribution is -2.18. The molecular formula is C14H16N6O2S. The van der Waals surface area contributed by atoms with E-state index in [0.29, 0.717) is 18.1 Å². The standard InChI is InChI=1S/C14H16N6O2S/c1-2-20-13(12-6-3-4-7-15-12)17-18-14(20)23(21,22)11-10-19-9-5-8-16-19/h3-9H,2,10-11H2,1H3. The van der Waals surface area contributed by atoms with Crippen LogP contribution in [0.4, 0.5) is 0 Å². The number of nitrogens with zero attached hydrogens (tertiary/aromatic N) is 6. The molecule has 0 spiro atoms. The Kier molecular flexibility index (Phi) is 4.20. The molecule has 0 saturated carbocycles. The second-order valence-electron chi connectivity index (χ2n) is 4.85. The summed E-state index contributed by atoms with van der Waals surface area (Å²) in [6.45, 7) is 2.56. The third-order valence-electron chi connectivity index (χ3n) is 3.35. The maximum absolute atomic E-state index is 12.6. The van der Waals surface area contributed by atoms with Crippen LogP contribution in [0, 0.1) is 0 Å². The van der Waals surface area contributed by atoms with Crippen LogP contribution in [-0.4, -0.2) is 43.7 Å². The van der Waals surface area contributed by atoms with E-state index in [4.69, 9.17) is 0 Å². The lowest BCUT2D eigenvalue weighted by atomic mass is 10.3. The van der Waals surface area contributed by atoms with Crippen LogP contribution >= 0.6 is 0 Å². The van der Waals surface area contributed by atoms with Crippen molar-refractivity contribution in [3.63, 3.8) is 0 Å². The molecule has 3 aromatic heterocycles. The number of hydrogen-bond donors (Lipinski definition) is 0. The molecule has 0 aliphatic heterocycles. The highest BCUT2D eigenvalue weighted by molar-refractivity contribution is 7.91. The molecule has 0 N–H and O–H groups in total. The Morgan fingerprint density at radius 3 is 2.65 bits per heavy atom. The van der Waals surface area contributed by atoms with Gasteiger partial charge in [-0.25, -0.2) is 8.42 Å². The quantitative estimate of drug-likeness (QED) is 0.669. The largest absolute Gasteiger partial charge is 0.297 e. The van der Waals surface area contributed by atoms with Crippen LogP contribution in [0.2, 0.25) is 0 Å². The zero-order valence-corrected chi connectivity index (χ0v) is 13.4. The highest BCUT2D eigenvalue weighted by Crippen LogP contribution is 2.19. The molecule has 0 aliphatic carbocycles. The first-order chi connectivity index (χ1) is 11.1. The van der Waals surface area contributed by atoms with Crippen molar-refractivity contribution in [3.05, 3.63) is 42.9 Å². The molecule has 0 atom stereocenters. The molecule has 0 aromatic carbocycles. The maximum atomic E-state index is 12.6. The highest BCUT2D eigenvalue weighted by Gasteiger charge is 2.25. The molecule has 3 aromatic rings. The summed E-state index contributed by atoms with van der Waals surface area (Å²) in [5, 5.41) is 11.9. The molecule has 8 nitrogen and oxygen atoms in total. The van der Waals surface area contributed by atoms with Crippen LogP contribution in [0.5, 0.6) is 0 Å². The average molecular weight is 332 g/mol.